The van der Waals surface area contributed by atoms with Crippen LogP contribution in [0.4, 0.5) is 13.2 Å². The Hall–Kier alpha value is -2.83. The monoisotopic (exact) mass is 310 g/mol. The number of carboxylic acids is 2. The molecule has 114 valence electrons. The van der Waals surface area contributed by atoms with Gasteiger partial charge in [-0.05, 0) is 41.5 Å². The van der Waals surface area contributed by atoms with Gasteiger partial charge in [-0.25, -0.2) is 9.59 Å². The molecule has 0 amide bonds. The van der Waals surface area contributed by atoms with Gasteiger partial charge in [-0.3, -0.25) is 0 Å². The smallest absolute Gasteiger partial charge is 0.416 e. The van der Waals surface area contributed by atoms with Crippen molar-refractivity contribution in [3.05, 3.63) is 59.2 Å². The average molecular weight is 310 g/mol. The number of aromatic carboxylic acids is 2. The molecule has 2 aromatic rings. The Labute approximate surface area is 122 Å². The van der Waals surface area contributed by atoms with Crippen LogP contribution < -0.4 is 0 Å². The largest absolute Gasteiger partial charge is 0.478 e. The second kappa shape index (κ2) is 5.51. The van der Waals surface area contributed by atoms with Crippen LogP contribution in [0.3, 0.4) is 0 Å². The molecule has 2 aromatic carbocycles. The molecule has 0 fully saturated rings. The van der Waals surface area contributed by atoms with Crippen molar-refractivity contribution in [2.24, 2.45) is 0 Å². The molecule has 0 aliphatic heterocycles. The molecule has 0 bridgehead atoms. The summed E-state index contributed by atoms with van der Waals surface area (Å²) in [5, 5.41) is 17.8. The van der Waals surface area contributed by atoms with Gasteiger partial charge in [0.15, 0.2) is 0 Å². The molecule has 0 aliphatic carbocycles. The van der Waals surface area contributed by atoms with Crippen molar-refractivity contribution in [3.8, 4) is 11.1 Å². The van der Waals surface area contributed by atoms with Gasteiger partial charge in [0, 0.05) is 0 Å². The quantitative estimate of drug-likeness (QED) is 0.905. The summed E-state index contributed by atoms with van der Waals surface area (Å²) in [5.41, 5.74) is -1.57. The Morgan fingerprint density at radius 3 is 1.95 bits per heavy atom. The van der Waals surface area contributed by atoms with Gasteiger partial charge >= 0.3 is 18.1 Å². The molecule has 7 heteroatoms. The van der Waals surface area contributed by atoms with E-state index in [1.54, 1.807) is 0 Å². The fourth-order valence-corrected chi connectivity index (χ4v) is 1.91. The molecule has 22 heavy (non-hydrogen) atoms. The normalized spacial score (nSPS) is 11.2. The average Bonchev–Trinajstić information content (AvgIpc) is 2.46. The molecule has 0 atom stereocenters. The zero-order chi connectivity index (χ0) is 16.5. The van der Waals surface area contributed by atoms with E-state index < -0.39 is 29.2 Å². The number of rotatable bonds is 3. The van der Waals surface area contributed by atoms with Crippen LogP contribution in [-0.4, -0.2) is 22.2 Å². The first-order chi connectivity index (χ1) is 10.2. The first kappa shape index (κ1) is 15.6. The highest BCUT2D eigenvalue weighted by atomic mass is 19.4. The van der Waals surface area contributed by atoms with Crippen molar-refractivity contribution < 1.29 is 33.0 Å². The zero-order valence-electron chi connectivity index (χ0n) is 10.9. The summed E-state index contributed by atoms with van der Waals surface area (Å²) in [4.78, 5) is 21.9. The summed E-state index contributed by atoms with van der Waals surface area (Å²) in [6, 6.07) is 7.65. The van der Waals surface area contributed by atoms with Crippen LogP contribution >= 0.6 is 0 Å². The fraction of sp³-hybridized carbons (Fsp3) is 0.0667. The topological polar surface area (TPSA) is 74.6 Å². The van der Waals surface area contributed by atoms with E-state index in [2.05, 4.69) is 0 Å². The SMILES string of the molecule is O=C(O)c1cccc(-c2cc(C(=O)O)cc(C(F)(F)F)c2)c1. The third-order valence-electron chi connectivity index (χ3n) is 2.95. The minimum atomic E-state index is -4.70. The molecule has 0 aliphatic rings. The number of hydrogen-bond donors (Lipinski definition) is 2. The van der Waals surface area contributed by atoms with Crippen LogP contribution in [0.2, 0.25) is 0 Å². The summed E-state index contributed by atoms with van der Waals surface area (Å²) in [7, 11) is 0. The summed E-state index contributed by atoms with van der Waals surface area (Å²) in [6.07, 6.45) is -4.70. The third kappa shape index (κ3) is 3.25. The van der Waals surface area contributed by atoms with Gasteiger partial charge in [-0.1, -0.05) is 12.1 Å². The minimum Gasteiger partial charge on any atom is -0.478 e. The van der Waals surface area contributed by atoms with E-state index in [0.29, 0.717) is 6.07 Å². The lowest BCUT2D eigenvalue weighted by atomic mass is 9.98. The molecule has 0 radical (unpaired) electrons. The van der Waals surface area contributed by atoms with Crippen molar-refractivity contribution >= 4 is 11.9 Å². The molecule has 0 saturated heterocycles. The van der Waals surface area contributed by atoms with E-state index >= 15 is 0 Å². The van der Waals surface area contributed by atoms with Crippen molar-refractivity contribution in [2.75, 3.05) is 0 Å². The van der Waals surface area contributed by atoms with Gasteiger partial charge in [-0.15, -0.1) is 0 Å². The molecule has 0 heterocycles. The highest BCUT2D eigenvalue weighted by molar-refractivity contribution is 5.91. The highest BCUT2D eigenvalue weighted by Crippen LogP contribution is 2.33. The number of carbonyl (C=O) groups is 2. The Bertz CT molecular complexity index is 751. The molecule has 0 aromatic heterocycles. The van der Waals surface area contributed by atoms with Gasteiger partial charge in [-0.2, -0.15) is 13.2 Å². The molecule has 2 N–H and O–H groups in total. The van der Waals surface area contributed by atoms with Gasteiger partial charge in [0.1, 0.15) is 0 Å². The first-order valence-electron chi connectivity index (χ1n) is 5.98. The van der Waals surface area contributed by atoms with Crippen LogP contribution in [-0.2, 0) is 6.18 Å². The van der Waals surface area contributed by atoms with Gasteiger partial charge in [0.2, 0.25) is 0 Å². The maximum Gasteiger partial charge on any atom is 0.416 e. The number of carboxylic acid groups (broad SMARTS) is 2. The number of halogens is 3. The van der Waals surface area contributed by atoms with Crippen LogP contribution in [0.25, 0.3) is 11.1 Å². The predicted molar refractivity (Wildman–Crippen MR) is 70.8 cm³/mol. The van der Waals surface area contributed by atoms with Crippen molar-refractivity contribution in [2.45, 2.75) is 6.18 Å². The molecule has 0 spiro atoms. The van der Waals surface area contributed by atoms with E-state index in [0.717, 1.165) is 12.1 Å². The fourth-order valence-electron chi connectivity index (χ4n) is 1.91. The van der Waals surface area contributed by atoms with Crippen molar-refractivity contribution in [1.29, 1.82) is 0 Å². The number of alkyl halides is 3. The number of hydrogen-bond acceptors (Lipinski definition) is 2. The van der Waals surface area contributed by atoms with E-state index in [9.17, 15) is 22.8 Å². The molecule has 4 nitrogen and oxygen atoms in total. The van der Waals surface area contributed by atoms with E-state index in [1.165, 1.54) is 24.3 Å². The lowest BCUT2D eigenvalue weighted by molar-refractivity contribution is -0.137. The molecule has 2 rings (SSSR count). The van der Waals surface area contributed by atoms with Crippen LogP contribution in [0.5, 0.6) is 0 Å². The molecular weight excluding hydrogens is 301 g/mol. The zero-order valence-corrected chi connectivity index (χ0v) is 10.9. The number of benzene rings is 2. The van der Waals surface area contributed by atoms with Gasteiger partial charge in [0.05, 0.1) is 16.7 Å². The third-order valence-corrected chi connectivity index (χ3v) is 2.95. The van der Waals surface area contributed by atoms with Crippen LogP contribution in [0.15, 0.2) is 42.5 Å². The highest BCUT2D eigenvalue weighted by Gasteiger charge is 2.32. The second-order valence-electron chi connectivity index (χ2n) is 4.49. The molecule has 0 unspecified atom stereocenters. The molecular formula is C15H9F3O4. The minimum absolute atomic E-state index is 0.0182. The molecule has 0 saturated carbocycles. The Morgan fingerprint density at radius 1 is 0.818 bits per heavy atom. The second-order valence-corrected chi connectivity index (χ2v) is 4.49. The van der Waals surface area contributed by atoms with E-state index in [1.807, 2.05) is 0 Å². The summed E-state index contributed by atoms with van der Waals surface area (Å²) < 4.78 is 38.5. The Balaban J connectivity index is 2.64. The lowest BCUT2D eigenvalue weighted by Gasteiger charge is -2.11. The summed E-state index contributed by atoms with van der Waals surface area (Å²) in [6.45, 7) is 0. The summed E-state index contributed by atoms with van der Waals surface area (Å²) in [5.74, 6) is -2.73. The summed E-state index contributed by atoms with van der Waals surface area (Å²) >= 11 is 0. The van der Waals surface area contributed by atoms with E-state index in [-0.39, 0.29) is 16.7 Å². The lowest BCUT2D eigenvalue weighted by Crippen LogP contribution is -2.08. The maximum absolute atomic E-state index is 12.8. The predicted octanol–water partition coefficient (Wildman–Crippen LogP) is 3.77. The van der Waals surface area contributed by atoms with Crippen LogP contribution in [0, 0.1) is 0 Å². The van der Waals surface area contributed by atoms with Crippen LogP contribution in [0.1, 0.15) is 26.3 Å². The van der Waals surface area contributed by atoms with Crippen molar-refractivity contribution in [1.82, 2.24) is 0 Å². The Kier molecular flexibility index (Phi) is 3.90. The van der Waals surface area contributed by atoms with Gasteiger partial charge < -0.3 is 10.2 Å². The maximum atomic E-state index is 12.8. The van der Waals surface area contributed by atoms with Crippen molar-refractivity contribution in [3.63, 3.8) is 0 Å². The standard InChI is InChI=1S/C15H9F3O4/c16-15(17,18)12-6-10(5-11(7-12)14(21)22)8-2-1-3-9(4-8)13(19)20/h1-7H,(H,19,20)(H,21,22). The Morgan fingerprint density at radius 2 is 1.41 bits per heavy atom. The van der Waals surface area contributed by atoms with E-state index in [4.69, 9.17) is 10.2 Å². The first-order valence-corrected chi connectivity index (χ1v) is 5.98. The van der Waals surface area contributed by atoms with Gasteiger partial charge in [0.25, 0.3) is 0 Å².